The zero-order chi connectivity index (χ0) is 18.3. The largest absolute Gasteiger partial charge is 0.300 e. The van der Waals surface area contributed by atoms with Gasteiger partial charge in [0.2, 0.25) is 10.0 Å². The molecule has 0 saturated carbocycles. The molecule has 25 heavy (non-hydrogen) atoms. The van der Waals surface area contributed by atoms with Gasteiger partial charge in [0.25, 0.3) is 5.69 Å². The predicted octanol–water partition coefficient (Wildman–Crippen LogP) is 2.67. The summed E-state index contributed by atoms with van der Waals surface area (Å²) in [5, 5.41) is 10.8. The van der Waals surface area contributed by atoms with Gasteiger partial charge in [-0.1, -0.05) is 25.5 Å². The van der Waals surface area contributed by atoms with Crippen LogP contribution in [0.1, 0.15) is 44.6 Å². The number of hydrogen-bond acceptors (Lipinski definition) is 5. The number of sulfonamides is 1. The summed E-state index contributed by atoms with van der Waals surface area (Å²) < 4.78 is 26.9. The molecule has 0 aromatic heterocycles. The summed E-state index contributed by atoms with van der Waals surface area (Å²) >= 11 is 0. The van der Waals surface area contributed by atoms with E-state index in [1.807, 2.05) is 0 Å². The minimum absolute atomic E-state index is 0.0941. The molecule has 7 nitrogen and oxygen atoms in total. The number of nitro groups is 1. The highest BCUT2D eigenvalue weighted by Gasteiger charge is 2.20. The molecule has 1 unspecified atom stereocenters. The quantitative estimate of drug-likeness (QED) is 0.410. The fraction of sp³-hybridized carbons (Fsp3) is 0.647. The van der Waals surface area contributed by atoms with Crippen molar-refractivity contribution in [3.63, 3.8) is 0 Å². The molecule has 1 aromatic carbocycles. The number of hydrogen-bond donors (Lipinski definition) is 1. The lowest BCUT2D eigenvalue weighted by Gasteiger charge is -2.35. The number of non-ortho nitro benzene ring substituents is 1. The third-order valence-corrected chi connectivity index (χ3v) is 6.00. The van der Waals surface area contributed by atoms with Crippen LogP contribution < -0.4 is 4.72 Å². The first-order valence-electron chi connectivity index (χ1n) is 8.86. The number of nitrogens with zero attached hydrogens (tertiary/aromatic N) is 2. The molecule has 1 saturated heterocycles. The second-order valence-electron chi connectivity index (χ2n) is 6.53. The van der Waals surface area contributed by atoms with Gasteiger partial charge in [-0.15, -0.1) is 0 Å². The summed E-state index contributed by atoms with van der Waals surface area (Å²) in [5.74, 6) is -0.240. The second-order valence-corrected chi connectivity index (χ2v) is 8.33. The molecule has 0 bridgehead atoms. The molecule has 1 aliphatic rings. The molecule has 0 radical (unpaired) electrons. The van der Waals surface area contributed by atoms with Crippen LogP contribution in [0.2, 0.25) is 0 Å². The van der Waals surface area contributed by atoms with Gasteiger partial charge in [0.1, 0.15) is 0 Å². The summed E-state index contributed by atoms with van der Waals surface area (Å²) in [6.07, 6.45) is 5.64. The lowest BCUT2D eigenvalue weighted by molar-refractivity contribution is -0.384. The number of nitrogens with one attached hydrogen (secondary N) is 1. The first-order chi connectivity index (χ1) is 11.9. The number of piperidine rings is 1. The van der Waals surface area contributed by atoms with Crippen molar-refractivity contribution >= 4 is 15.7 Å². The molecule has 1 aromatic rings. The molecule has 1 atom stereocenters. The third-order valence-electron chi connectivity index (χ3n) is 4.64. The van der Waals surface area contributed by atoms with Crippen LogP contribution in [0, 0.1) is 10.1 Å². The maximum Gasteiger partial charge on any atom is 0.269 e. The molecule has 8 heteroatoms. The van der Waals surface area contributed by atoms with Gasteiger partial charge in [-0.05, 0) is 44.3 Å². The number of rotatable bonds is 9. The van der Waals surface area contributed by atoms with Gasteiger partial charge >= 0.3 is 0 Å². The maximum atomic E-state index is 12.2. The Morgan fingerprint density at radius 1 is 1.36 bits per heavy atom. The fourth-order valence-electron chi connectivity index (χ4n) is 3.36. The Kier molecular flexibility index (Phi) is 7.34. The fourth-order valence-corrected chi connectivity index (χ4v) is 4.53. The van der Waals surface area contributed by atoms with Gasteiger partial charge in [-0.2, -0.15) is 0 Å². The Balaban J connectivity index is 1.79. The van der Waals surface area contributed by atoms with Gasteiger partial charge in [-0.3, -0.25) is 10.1 Å². The molecule has 0 aliphatic carbocycles. The molecule has 1 heterocycles. The van der Waals surface area contributed by atoms with Gasteiger partial charge in [0.05, 0.1) is 10.7 Å². The molecule has 1 fully saturated rings. The molecule has 140 valence electrons. The SMILES string of the molecule is CCC1CCCCN1CCCNS(=O)(=O)Cc1cccc([N+](=O)[O-])c1. The van der Waals surface area contributed by atoms with E-state index >= 15 is 0 Å². The molecule has 0 amide bonds. The van der Waals surface area contributed by atoms with Crippen LogP contribution in [0.5, 0.6) is 0 Å². The van der Waals surface area contributed by atoms with E-state index in [0.29, 0.717) is 18.2 Å². The van der Waals surface area contributed by atoms with Crippen LogP contribution in [-0.2, 0) is 15.8 Å². The van der Waals surface area contributed by atoms with Crippen molar-refractivity contribution in [3.05, 3.63) is 39.9 Å². The van der Waals surface area contributed by atoms with Crippen molar-refractivity contribution in [2.45, 2.75) is 50.8 Å². The molecular formula is C17H27N3O4S. The van der Waals surface area contributed by atoms with Gasteiger partial charge < -0.3 is 4.90 Å². The Morgan fingerprint density at radius 3 is 2.88 bits per heavy atom. The number of likely N-dealkylation sites (tertiary alicyclic amines) is 1. The lowest BCUT2D eigenvalue weighted by Crippen LogP contribution is -2.40. The van der Waals surface area contributed by atoms with Crippen molar-refractivity contribution < 1.29 is 13.3 Å². The normalized spacial score (nSPS) is 19.0. The summed E-state index contributed by atoms with van der Waals surface area (Å²) in [6, 6.07) is 6.37. The standard InChI is InChI=1S/C17H27N3O4S/c1-2-16-8-3-4-11-19(16)12-6-10-18-25(23,24)14-15-7-5-9-17(13-15)20(21)22/h5,7,9,13,16,18H,2-4,6,8,10-12,14H2,1H3. The first-order valence-corrected chi connectivity index (χ1v) is 10.5. The second kappa shape index (κ2) is 9.26. The highest BCUT2D eigenvalue weighted by Crippen LogP contribution is 2.19. The van der Waals surface area contributed by atoms with E-state index in [0.717, 1.165) is 25.9 Å². The predicted molar refractivity (Wildman–Crippen MR) is 97.8 cm³/mol. The summed E-state index contributed by atoms with van der Waals surface area (Å²) in [5.41, 5.74) is 0.326. The summed E-state index contributed by atoms with van der Waals surface area (Å²) in [4.78, 5) is 12.7. The maximum absolute atomic E-state index is 12.2. The Morgan fingerprint density at radius 2 is 2.16 bits per heavy atom. The Hall–Kier alpha value is -1.51. The van der Waals surface area contributed by atoms with E-state index in [-0.39, 0.29) is 11.4 Å². The van der Waals surface area contributed by atoms with E-state index in [4.69, 9.17) is 0 Å². The van der Waals surface area contributed by atoms with Crippen molar-refractivity contribution in [2.24, 2.45) is 0 Å². The van der Waals surface area contributed by atoms with E-state index in [1.54, 1.807) is 6.07 Å². The zero-order valence-corrected chi connectivity index (χ0v) is 15.5. The smallest absolute Gasteiger partial charge is 0.269 e. The first kappa shape index (κ1) is 19.8. The van der Waals surface area contributed by atoms with Crippen molar-refractivity contribution in [1.29, 1.82) is 0 Å². The highest BCUT2D eigenvalue weighted by molar-refractivity contribution is 7.88. The number of benzene rings is 1. The molecular weight excluding hydrogens is 342 g/mol. The highest BCUT2D eigenvalue weighted by atomic mass is 32.2. The van der Waals surface area contributed by atoms with E-state index in [9.17, 15) is 18.5 Å². The lowest BCUT2D eigenvalue weighted by atomic mass is 10.00. The number of nitro benzene ring substituents is 1. The Labute approximate surface area is 149 Å². The van der Waals surface area contributed by atoms with E-state index < -0.39 is 14.9 Å². The van der Waals surface area contributed by atoms with Crippen LogP contribution in [0.25, 0.3) is 0 Å². The van der Waals surface area contributed by atoms with Crippen molar-refractivity contribution in [3.8, 4) is 0 Å². The average Bonchev–Trinajstić information content (AvgIpc) is 2.59. The van der Waals surface area contributed by atoms with Crippen molar-refractivity contribution in [2.75, 3.05) is 19.6 Å². The molecule has 2 rings (SSSR count). The van der Waals surface area contributed by atoms with Crippen LogP contribution in [-0.4, -0.2) is 43.9 Å². The van der Waals surface area contributed by atoms with Crippen molar-refractivity contribution in [1.82, 2.24) is 9.62 Å². The van der Waals surface area contributed by atoms with Gasteiger partial charge in [-0.25, -0.2) is 13.1 Å². The molecule has 1 N–H and O–H groups in total. The summed E-state index contributed by atoms with van der Waals surface area (Å²) in [7, 11) is -3.49. The zero-order valence-electron chi connectivity index (χ0n) is 14.7. The monoisotopic (exact) mass is 369 g/mol. The van der Waals surface area contributed by atoms with Crippen LogP contribution >= 0.6 is 0 Å². The van der Waals surface area contributed by atoms with Crippen LogP contribution in [0.4, 0.5) is 5.69 Å². The van der Waals surface area contributed by atoms with Crippen LogP contribution in [0.15, 0.2) is 24.3 Å². The molecule has 0 spiro atoms. The molecule has 1 aliphatic heterocycles. The average molecular weight is 369 g/mol. The van der Waals surface area contributed by atoms with Gasteiger partial charge in [0.15, 0.2) is 0 Å². The summed E-state index contributed by atoms with van der Waals surface area (Å²) in [6.45, 7) is 4.59. The topological polar surface area (TPSA) is 92.6 Å². The minimum Gasteiger partial charge on any atom is -0.300 e. The third kappa shape index (κ3) is 6.37. The minimum atomic E-state index is -3.49. The van der Waals surface area contributed by atoms with Gasteiger partial charge in [0, 0.05) is 24.7 Å². The van der Waals surface area contributed by atoms with Crippen LogP contribution in [0.3, 0.4) is 0 Å². The van der Waals surface area contributed by atoms with E-state index in [2.05, 4.69) is 16.5 Å². The van der Waals surface area contributed by atoms with E-state index in [1.165, 1.54) is 37.5 Å². The Bertz CT molecular complexity index is 678.